The van der Waals surface area contributed by atoms with Gasteiger partial charge in [-0.05, 0) is 67.0 Å². The van der Waals surface area contributed by atoms with E-state index in [2.05, 4.69) is 49.7 Å². The van der Waals surface area contributed by atoms with E-state index in [1.54, 1.807) is 0 Å². The molecule has 1 unspecified atom stereocenters. The summed E-state index contributed by atoms with van der Waals surface area (Å²) in [5.41, 5.74) is 0.484. The van der Waals surface area contributed by atoms with Gasteiger partial charge in [-0.25, -0.2) is 0 Å². The minimum Gasteiger partial charge on any atom is -0.377 e. The summed E-state index contributed by atoms with van der Waals surface area (Å²) in [4.78, 5) is 5.22. The summed E-state index contributed by atoms with van der Waals surface area (Å²) in [6.07, 6.45) is 3.96. The third-order valence-electron chi connectivity index (χ3n) is 5.31. The monoisotopic (exact) mass is 311 g/mol. The van der Waals surface area contributed by atoms with Crippen molar-refractivity contribution in [2.45, 2.75) is 71.1 Å². The Hall–Kier alpha value is -0.160. The highest BCUT2D eigenvalue weighted by atomic mass is 16.5. The average Bonchev–Trinajstić information content (AvgIpc) is 2.79. The normalized spacial score (nSPS) is 27.4. The van der Waals surface area contributed by atoms with Crippen LogP contribution in [0.5, 0.6) is 0 Å². The molecule has 2 heterocycles. The Kier molecular flexibility index (Phi) is 6.29. The maximum atomic E-state index is 6.20. The number of ether oxygens (including phenoxy) is 1. The Bertz CT molecular complexity index is 330. The van der Waals surface area contributed by atoms with Gasteiger partial charge in [0.2, 0.25) is 0 Å². The van der Waals surface area contributed by atoms with Gasteiger partial charge in [0.15, 0.2) is 0 Å². The summed E-state index contributed by atoms with van der Waals surface area (Å²) in [6.45, 7) is 19.5. The third kappa shape index (κ3) is 5.19. The van der Waals surface area contributed by atoms with Crippen LogP contribution in [0.1, 0.15) is 53.9 Å². The molecule has 22 heavy (non-hydrogen) atoms. The topological polar surface area (TPSA) is 27.7 Å². The highest BCUT2D eigenvalue weighted by molar-refractivity contribution is 4.88. The molecule has 0 aliphatic carbocycles. The number of hydrogen-bond donors (Lipinski definition) is 1. The van der Waals surface area contributed by atoms with Crippen molar-refractivity contribution in [2.75, 3.05) is 45.9 Å². The van der Waals surface area contributed by atoms with Gasteiger partial charge in [-0.1, -0.05) is 0 Å². The van der Waals surface area contributed by atoms with Gasteiger partial charge in [0.05, 0.1) is 12.7 Å². The van der Waals surface area contributed by atoms with E-state index < -0.39 is 0 Å². The lowest BCUT2D eigenvalue weighted by atomic mass is 9.92. The lowest BCUT2D eigenvalue weighted by Crippen LogP contribution is -2.48. The first-order chi connectivity index (χ1) is 10.3. The standard InChI is InChI=1S/C18H37N3O/c1-17(2,3)20-11-7-16(22-14-13-20)15-18(4,5)21-10-6-8-19-9-12-21/h16,19H,6-15H2,1-5H3. The molecule has 0 spiro atoms. The van der Waals surface area contributed by atoms with E-state index in [1.807, 2.05) is 0 Å². The van der Waals surface area contributed by atoms with Crippen molar-refractivity contribution in [2.24, 2.45) is 0 Å². The van der Waals surface area contributed by atoms with Crippen molar-refractivity contribution in [3.8, 4) is 0 Å². The fourth-order valence-electron chi connectivity index (χ4n) is 3.79. The van der Waals surface area contributed by atoms with E-state index in [1.165, 1.54) is 13.0 Å². The molecule has 0 aromatic rings. The molecule has 0 saturated carbocycles. The molecule has 0 aromatic heterocycles. The summed E-state index contributed by atoms with van der Waals surface area (Å²) >= 11 is 0. The van der Waals surface area contributed by atoms with Crippen LogP contribution in [0.25, 0.3) is 0 Å². The first kappa shape index (κ1) is 18.2. The highest BCUT2D eigenvalue weighted by Crippen LogP contribution is 2.26. The minimum absolute atomic E-state index is 0.230. The number of nitrogens with one attached hydrogen (secondary N) is 1. The molecule has 2 rings (SSSR count). The summed E-state index contributed by atoms with van der Waals surface area (Å²) in [5.74, 6) is 0. The van der Waals surface area contributed by atoms with E-state index in [0.29, 0.717) is 6.10 Å². The van der Waals surface area contributed by atoms with Crippen LogP contribution in [0, 0.1) is 0 Å². The van der Waals surface area contributed by atoms with E-state index in [9.17, 15) is 0 Å². The Morgan fingerprint density at radius 2 is 1.73 bits per heavy atom. The van der Waals surface area contributed by atoms with Crippen LogP contribution in [0.2, 0.25) is 0 Å². The van der Waals surface area contributed by atoms with Gasteiger partial charge in [-0.15, -0.1) is 0 Å². The molecule has 2 saturated heterocycles. The predicted molar refractivity (Wildman–Crippen MR) is 93.4 cm³/mol. The Morgan fingerprint density at radius 1 is 0.955 bits per heavy atom. The van der Waals surface area contributed by atoms with Crippen LogP contribution in [0.15, 0.2) is 0 Å². The van der Waals surface area contributed by atoms with Crippen LogP contribution < -0.4 is 5.32 Å². The minimum atomic E-state index is 0.230. The molecule has 1 N–H and O–H groups in total. The fraction of sp³-hybridized carbons (Fsp3) is 1.00. The first-order valence-electron chi connectivity index (χ1n) is 9.11. The molecule has 4 heteroatoms. The van der Waals surface area contributed by atoms with Crippen molar-refractivity contribution in [3.63, 3.8) is 0 Å². The van der Waals surface area contributed by atoms with Gasteiger partial charge in [0.1, 0.15) is 0 Å². The van der Waals surface area contributed by atoms with Crippen molar-refractivity contribution >= 4 is 0 Å². The SMILES string of the molecule is CC(C)(C)N1CCOC(CC(C)(C)N2CCCNCC2)CC1. The van der Waals surface area contributed by atoms with Crippen LogP contribution in [-0.4, -0.2) is 72.9 Å². The van der Waals surface area contributed by atoms with E-state index in [-0.39, 0.29) is 11.1 Å². The second-order valence-corrected chi connectivity index (χ2v) is 8.55. The molecule has 4 nitrogen and oxygen atoms in total. The van der Waals surface area contributed by atoms with Crippen molar-refractivity contribution in [1.82, 2.24) is 15.1 Å². The zero-order chi connectivity index (χ0) is 16.2. The Balaban J connectivity index is 1.89. The molecular weight excluding hydrogens is 274 g/mol. The van der Waals surface area contributed by atoms with E-state index >= 15 is 0 Å². The van der Waals surface area contributed by atoms with Gasteiger partial charge in [-0.2, -0.15) is 0 Å². The second-order valence-electron chi connectivity index (χ2n) is 8.55. The van der Waals surface area contributed by atoms with Gasteiger partial charge < -0.3 is 10.1 Å². The van der Waals surface area contributed by atoms with Gasteiger partial charge in [0, 0.05) is 37.3 Å². The number of nitrogens with zero attached hydrogens (tertiary/aromatic N) is 2. The van der Waals surface area contributed by atoms with Crippen LogP contribution in [-0.2, 0) is 4.74 Å². The molecular formula is C18H37N3O. The molecule has 0 amide bonds. The lowest BCUT2D eigenvalue weighted by Gasteiger charge is -2.40. The third-order valence-corrected chi connectivity index (χ3v) is 5.31. The average molecular weight is 312 g/mol. The van der Waals surface area contributed by atoms with Crippen LogP contribution in [0.4, 0.5) is 0 Å². The van der Waals surface area contributed by atoms with Crippen molar-refractivity contribution in [1.29, 1.82) is 0 Å². The molecule has 130 valence electrons. The quantitative estimate of drug-likeness (QED) is 0.866. The van der Waals surface area contributed by atoms with E-state index in [0.717, 1.165) is 52.2 Å². The predicted octanol–water partition coefficient (Wildman–Crippen LogP) is 2.34. The Labute approximate surface area is 137 Å². The fourth-order valence-corrected chi connectivity index (χ4v) is 3.79. The molecule has 1 atom stereocenters. The molecule has 2 aliphatic rings. The van der Waals surface area contributed by atoms with Gasteiger partial charge >= 0.3 is 0 Å². The zero-order valence-electron chi connectivity index (χ0n) is 15.5. The molecule has 0 bridgehead atoms. The van der Waals surface area contributed by atoms with Crippen LogP contribution >= 0.6 is 0 Å². The molecule has 2 fully saturated rings. The lowest BCUT2D eigenvalue weighted by molar-refractivity contribution is 0.00732. The summed E-state index contributed by atoms with van der Waals surface area (Å²) in [5, 5.41) is 3.51. The first-order valence-corrected chi connectivity index (χ1v) is 9.11. The Morgan fingerprint density at radius 3 is 2.45 bits per heavy atom. The number of rotatable bonds is 3. The smallest absolute Gasteiger partial charge is 0.0605 e. The summed E-state index contributed by atoms with van der Waals surface area (Å²) < 4.78 is 6.20. The van der Waals surface area contributed by atoms with Crippen molar-refractivity contribution in [3.05, 3.63) is 0 Å². The maximum absolute atomic E-state index is 6.20. The molecule has 0 radical (unpaired) electrons. The van der Waals surface area contributed by atoms with Crippen molar-refractivity contribution < 1.29 is 4.74 Å². The summed E-state index contributed by atoms with van der Waals surface area (Å²) in [7, 11) is 0. The number of hydrogen-bond acceptors (Lipinski definition) is 4. The second kappa shape index (κ2) is 7.61. The maximum Gasteiger partial charge on any atom is 0.0605 e. The van der Waals surface area contributed by atoms with E-state index in [4.69, 9.17) is 4.74 Å². The van der Waals surface area contributed by atoms with Gasteiger partial charge in [0.25, 0.3) is 0 Å². The molecule has 0 aromatic carbocycles. The van der Waals surface area contributed by atoms with Gasteiger partial charge in [-0.3, -0.25) is 9.80 Å². The largest absolute Gasteiger partial charge is 0.377 e. The zero-order valence-corrected chi connectivity index (χ0v) is 15.5. The summed E-state index contributed by atoms with van der Waals surface area (Å²) in [6, 6.07) is 0. The highest BCUT2D eigenvalue weighted by Gasteiger charge is 2.32. The molecule has 2 aliphatic heterocycles. The van der Waals surface area contributed by atoms with Crippen LogP contribution in [0.3, 0.4) is 0 Å².